The Labute approximate surface area is 92.1 Å². The van der Waals surface area contributed by atoms with Crippen molar-refractivity contribution in [3.05, 3.63) is 0 Å². The standard InChI is InChI=1S/2C4H11P.CH2O3/c2*1-2-3-4-5;2-1(3)4/h2*2-5H2,1H3;(H2,2,3,4). The lowest BCUT2D eigenvalue weighted by molar-refractivity contribution is 0.137. The molecular formula is C9H24O3P2. The van der Waals surface area contributed by atoms with Crippen molar-refractivity contribution in [3.8, 4) is 0 Å². The molecule has 0 bridgehead atoms. The van der Waals surface area contributed by atoms with Gasteiger partial charge in [-0.1, -0.05) is 39.5 Å². The summed E-state index contributed by atoms with van der Waals surface area (Å²) in [5.41, 5.74) is 0. The monoisotopic (exact) mass is 242 g/mol. The van der Waals surface area contributed by atoms with Crippen LogP contribution in [0.3, 0.4) is 0 Å². The Morgan fingerprint density at radius 1 is 1.00 bits per heavy atom. The van der Waals surface area contributed by atoms with Crippen molar-refractivity contribution in [1.82, 2.24) is 0 Å². The average Bonchev–Trinajstić information content (AvgIpc) is 2.07. The first-order chi connectivity index (χ1) is 6.56. The minimum absolute atomic E-state index is 1.26. The van der Waals surface area contributed by atoms with Crippen LogP contribution in [0.5, 0.6) is 0 Å². The molecular weight excluding hydrogens is 218 g/mol. The van der Waals surface area contributed by atoms with Crippen LogP contribution in [0.25, 0.3) is 0 Å². The molecule has 0 aliphatic heterocycles. The Hall–Kier alpha value is 0.130. The zero-order chi connectivity index (χ0) is 11.8. The van der Waals surface area contributed by atoms with Crippen molar-refractivity contribution in [2.75, 3.05) is 12.3 Å². The summed E-state index contributed by atoms with van der Waals surface area (Å²) >= 11 is 0. The minimum atomic E-state index is -1.83. The molecule has 2 N–H and O–H groups in total. The van der Waals surface area contributed by atoms with Crippen LogP contribution in [0.15, 0.2) is 0 Å². The first kappa shape index (κ1) is 19.7. The summed E-state index contributed by atoms with van der Waals surface area (Å²) in [6, 6.07) is 0. The van der Waals surface area contributed by atoms with Gasteiger partial charge in [-0.3, -0.25) is 0 Å². The molecule has 0 aliphatic carbocycles. The first-order valence-corrected chi connectivity index (χ1v) is 6.52. The van der Waals surface area contributed by atoms with Crippen LogP contribution in [0.1, 0.15) is 39.5 Å². The second-order valence-corrected chi connectivity index (χ2v) is 3.72. The van der Waals surface area contributed by atoms with Gasteiger partial charge >= 0.3 is 6.16 Å². The van der Waals surface area contributed by atoms with Crippen molar-refractivity contribution in [2.24, 2.45) is 0 Å². The van der Waals surface area contributed by atoms with E-state index in [0.29, 0.717) is 0 Å². The van der Waals surface area contributed by atoms with E-state index in [1.807, 2.05) is 0 Å². The highest BCUT2D eigenvalue weighted by atomic mass is 31.0. The van der Waals surface area contributed by atoms with Gasteiger partial charge < -0.3 is 10.2 Å². The highest BCUT2D eigenvalue weighted by Crippen LogP contribution is 1.90. The van der Waals surface area contributed by atoms with Gasteiger partial charge in [-0.25, -0.2) is 4.79 Å². The van der Waals surface area contributed by atoms with Crippen LogP contribution in [0, 0.1) is 0 Å². The average molecular weight is 242 g/mol. The molecule has 5 heteroatoms. The fourth-order valence-electron chi connectivity index (χ4n) is 0.408. The molecule has 0 saturated carbocycles. The molecule has 0 aliphatic rings. The molecule has 0 saturated heterocycles. The van der Waals surface area contributed by atoms with E-state index < -0.39 is 6.16 Å². The summed E-state index contributed by atoms with van der Waals surface area (Å²) in [6.07, 6.45) is 6.04. The normalized spacial score (nSPS) is 7.71. The van der Waals surface area contributed by atoms with Crippen LogP contribution < -0.4 is 0 Å². The Morgan fingerprint density at radius 3 is 1.21 bits per heavy atom. The maximum absolute atomic E-state index is 8.56. The van der Waals surface area contributed by atoms with Gasteiger partial charge in [0.15, 0.2) is 0 Å². The van der Waals surface area contributed by atoms with Gasteiger partial charge in [0.2, 0.25) is 0 Å². The fraction of sp³-hybridized carbons (Fsp3) is 0.889. The third-order valence-corrected chi connectivity index (χ3v) is 1.93. The predicted octanol–water partition coefficient (Wildman–Crippen LogP) is 3.55. The van der Waals surface area contributed by atoms with Gasteiger partial charge in [0, 0.05) is 0 Å². The fourth-order valence-corrected chi connectivity index (χ4v) is 1.22. The zero-order valence-electron chi connectivity index (χ0n) is 9.20. The Balaban J connectivity index is -0.000000131. The first-order valence-electron chi connectivity index (χ1n) is 4.88. The third kappa shape index (κ3) is 88.1. The van der Waals surface area contributed by atoms with Gasteiger partial charge in [0.25, 0.3) is 0 Å². The van der Waals surface area contributed by atoms with Crippen LogP contribution >= 0.6 is 18.5 Å². The second kappa shape index (κ2) is 23.2. The molecule has 0 aromatic rings. The van der Waals surface area contributed by atoms with Crippen molar-refractivity contribution >= 4 is 24.6 Å². The summed E-state index contributed by atoms with van der Waals surface area (Å²) < 4.78 is 0. The highest BCUT2D eigenvalue weighted by Gasteiger charge is 1.70. The molecule has 2 unspecified atom stereocenters. The van der Waals surface area contributed by atoms with E-state index in [0.717, 1.165) is 0 Å². The zero-order valence-corrected chi connectivity index (χ0v) is 11.5. The van der Waals surface area contributed by atoms with E-state index in [1.54, 1.807) is 0 Å². The molecule has 88 valence electrons. The number of rotatable bonds is 4. The van der Waals surface area contributed by atoms with E-state index in [9.17, 15) is 0 Å². The molecule has 0 fully saturated rings. The summed E-state index contributed by atoms with van der Waals surface area (Å²) in [5, 5.41) is 13.9. The van der Waals surface area contributed by atoms with Gasteiger partial charge in [0.05, 0.1) is 0 Å². The van der Waals surface area contributed by atoms with Gasteiger partial charge in [-0.2, -0.15) is 0 Å². The molecule has 0 aromatic heterocycles. The van der Waals surface area contributed by atoms with Crippen molar-refractivity contribution in [1.29, 1.82) is 0 Å². The quantitative estimate of drug-likeness (QED) is 0.741. The summed E-state index contributed by atoms with van der Waals surface area (Å²) in [7, 11) is 5.40. The number of carboxylic acid groups (broad SMARTS) is 2. The Kier molecular flexibility index (Phi) is 32.6. The lowest BCUT2D eigenvalue weighted by atomic mass is 10.4. The maximum Gasteiger partial charge on any atom is 0.503 e. The molecule has 0 aromatic carbocycles. The largest absolute Gasteiger partial charge is 0.503 e. The highest BCUT2D eigenvalue weighted by molar-refractivity contribution is 7.16. The van der Waals surface area contributed by atoms with Gasteiger partial charge in [0.1, 0.15) is 0 Å². The molecule has 3 nitrogen and oxygen atoms in total. The number of carbonyl (C=O) groups is 1. The minimum Gasteiger partial charge on any atom is -0.450 e. The van der Waals surface area contributed by atoms with E-state index >= 15 is 0 Å². The van der Waals surface area contributed by atoms with E-state index in [2.05, 4.69) is 32.3 Å². The molecule has 0 heterocycles. The summed E-state index contributed by atoms with van der Waals surface area (Å²) in [6.45, 7) is 4.40. The summed E-state index contributed by atoms with van der Waals surface area (Å²) in [4.78, 5) is 8.56. The van der Waals surface area contributed by atoms with E-state index in [4.69, 9.17) is 15.0 Å². The summed E-state index contributed by atoms with van der Waals surface area (Å²) in [5.74, 6) is 0. The molecule has 0 spiro atoms. The van der Waals surface area contributed by atoms with Crippen LogP contribution in [0.2, 0.25) is 0 Å². The molecule has 0 amide bonds. The topological polar surface area (TPSA) is 57.5 Å². The van der Waals surface area contributed by atoms with Crippen molar-refractivity contribution in [3.63, 3.8) is 0 Å². The van der Waals surface area contributed by atoms with Gasteiger partial charge in [-0.05, 0) is 12.3 Å². The number of hydrogen-bond donors (Lipinski definition) is 2. The third-order valence-electron chi connectivity index (χ3n) is 1.12. The Morgan fingerprint density at radius 2 is 1.21 bits per heavy atom. The Bertz CT molecular complexity index is 86.1. The number of hydrogen-bond acceptors (Lipinski definition) is 1. The van der Waals surface area contributed by atoms with Crippen molar-refractivity contribution < 1.29 is 15.0 Å². The molecule has 14 heavy (non-hydrogen) atoms. The smallest absolute Gasteiger partial charge is 0.450 e. The van der Waals surface area contributed by atoms with E-state index in [1.165, 1.54) is 38.0 Å². The maximum atomic E-state index is 8.56. The lowest BCUT2D eigenvalue weighted by Crippen LogP contribution is -1.81. The van der Waals surface area contributed by atoms with Crippen LogP contribution in [0.4, 0.5) is 4.79 Å². The van der Waals surface area contributed by atoms with E-state index in [-0.39, 0.29) is 0 Å². The van der Waals surface area contributed by atoms with Crippen molar-refractivity contribution in [2.45, 2.75) is 39.5 Å². The second-order valence-electron chi connectivity index (χ2n) is 2.57. The van der Waals surface area contributed by atoms with Crippen LogP contribution in [-0.4, -0.2) is 28.7 Å². The van der Waals surface area contributed by atoms with Crippen LogP contribution in [-0.2, 0) is 0 Å². The number of unbranched alkanes of at least 4 members (excludes halogenated alkanes) is 2. The predicted molar refractivity (Wildman–Crippen MR) is 69.6 cm³/mol. The SMILES string of the molecule is CCCCP.CCCCP.O=C(O)O. The molecule has 2 atom stereocenters. The molecule has 0 rings (SSSR count). The molecule has 0 radical (unpaired) electrons. The van der Waals surface area contributed by atoms with Gasteiger partial charge in [-0.15, -0.1) is 18.5 Å². The lowest BCUT2D eigenvalue weighted by Gasteiger charge is -1.79.